The Hall–Kier alpha value is -2.28. The van der Waals surface area contributed by atoms with E-state index in [0.29, 0.717) is 22.1 Å². The second kappa shape index (κ2) is 5.84. The van der Waals surface area contributed by atoms with Gasteiger partial charge < -0.3 is 10.2 Å². The van der Waals surface area contributed by atoms with Crippen molar-refractivity contribution in [3.8, 4) is 22.6 Å². The molecule has 0 aliphatic carbocycles. The van der Waals surface area contributed by atoms with Gasteiger partial charge in [-0.05, 0) is 18.2 Å². The highest BCUT2D eigenvalue weighted by Gasteiger charge is 2.13. The lowest BCUT2D eigenvalue weighted by Gasteiger charge is -2.09. The number of hydrogen-bond acceptors (Lipinski definition) is 5. The first-order chi connectivity index (χ1) is 10.5. The van der Waals surface area contributed by atoms with Gasteiger partial charge in [-0.2, -0.15) is 5.10 Å². The highest BCUT2D eigenvalue weighted by Crippen LogP contribution is 2.25. The van der Waals surface area contributed by atoms with E-state index in [4.69, 9.17) is 11.6 Å². The number of nitrogens with zero attached hydrogens (tertiary/aromatic N) is 4. The first-order valence-corrected chi connectivity index (χ1v) is 6.91. The summed E-state index contributed by atoms with van der Waals surface area (Å²) < 4.78 is 1.63. The molecule has 0 atom stereocenters. The maximum Gasteiger partial charge on any atom is 0.196 e. The second-order valence-corrected chi connectivity index (χ2v) is 5.22. The van der Waals surface area contributed by atoms with Gasteiger partial charge in [-0.15, -0.1) is 0 Å². The lowest BCUT2D eigenvalue weighted by atomic mass is 10.1. The predicted molar refractivity (Wildman–Crippen MR) is 81.9 cm³/mol. The van der Waals surface area contributed by atoms with Gasteiger partial charge in [0.15, 0.2) is 12.1 Å². The summed E-state index contributed by atoms with van der Waals surface area (Å²) in [5.74, 6) is 0.378. The van der Waals surface area contributed by atoms with Crippen LogP contribution in [0.3, 0.4) is 0 Å². The van der Waals surface area contributed by atoms with Crippen LogP contribution in [-0.4, -0.2) is 30.0 Å². The molecule has 0 saturated carbocycles. The molecule has 0 saturated heterocycles. The molecule has 3 aromatic rings. The van der Waals surface area contributed by atoms with Gasteiger partial charge in [-0.1, -0.05) is 23.7 Å². The van der Waals surface area contributed by atoms with Crippen LogP contribution in [0.15, 0.2) is 42.7 Å². The highest BCUT2D eigenvalue weighted by molar-refractivity contribution is 6.30. The fraction of sp³-hybridized carbons (Fsp3) is 0.133. The largest absolute Gasteiger partial charge is 0.363 e. The molecular weight excluding hydrogens is 304 g/mol. The Bertz CT molecular complexity index is 800. The summed E-state index contributed by atoms with van der Waals surface area (Å²) >= 11 is 5.89. The molecular formula is C15H13ClN4O2. The number of rotatable bonds is 3. The Labute approximate surface area is 131 Å². The van der Waals surface area contributed by atoms with Gasteiger partial charge in [0.2, 0.25) is 0 Å². The maximum atomic E-state index is 9.44. The summed E-state index contributed by atoms with van der Waals surface area (Å²) in [5, 5.41) is 23.6. The van der Waals surface area contributed by atoms with Crippen molar-refractivity contribution in [3.63, 3.8) is 0 Å². The van der Waals surface area contributed by atoms with E-state index in [9.17, 15) is 10.2 Å². The van der Waals surface area contributed by atoms with Crippen molar-refractivity contribution in [1.82, 2.24) is 19.7 Å². The fourth-order valence-electron chi connectivity index (χ4n) is 2.03. The average molecular weight is 317 g/mol. The number of halogens is 1. The van der Waals surface area contributed by atoms with E-state index in [1.807, 2.05) is 12.1 Å². The smallest absolute Gasteiger partial charge is 0.196 e. The second-order valence-electron chi connectivity index (χ2n) is 4.78. The van der Waals surface area contributed by atoms with Crippen LogP contribution >= 0.6 is 11.6 Å². The molecule has 0 radical (unpaired) electrons. The number of aliphatic hydroxyl groups is 2. The molecule has 22 heavy (non-hydrogen) atoms. The Balaban J connectivity index is 2.13. The minimum Gasteiger partial charge on any atom is -0.363 e. The molecule has 0 fully saturated rings. The fourth-order valence-corrected chi connectivity index (χ4v) is 2.16. The molecule has 0 aliphatic heterocycles. The minimum atomic E-state index is -1.68. The molecule has 2 N–H and O–H groups in total. The van der Waals surface area contributed by atoms with Crippen molar-refractivity contribution in [3.05, 3.63) is 53.4 Å². The number of aliphatic hydroxyl groups excluding tert-OH is 1. The standard InChI is InChI=1S/C15H13ClN4O2/c1-20-8-10(7-17-20)14-18-12(6-13(19-14)15(21)22)9-2-4-11(16)5-3-9/h2-8,15,21-22H,1H3. The van der Waals surface area contributed by atoms with Crippen LogP contribution in [0.1, 0.15) is 12.0 Å². The lowest BCUT2D eigenvalue weighted by Crippen LogP contribution is -2.03. The van der Waals surface area contributed by atoms with E-state index >= 15 is 0 Å². The summed E-state index contributed by atoms with van der Waals surface area (Å²) in [6.07, 6.45) is 1.70. The van der Waals surface area contributed by atoms with Crippen LogP contribution in [-0.2, 0) is 7.05 Å². The van der Waals surface area contributed by atoms with Gasteiger partial charge in [0.05, 0.1) is 17.5 Å². The zero-order chi connectivity index (χ0) is 15.7. The summed E-state index contributed by atoms with van der Waals surface area (Å²) in [4.78, 5) is 8.64. The molecule has 2 aromatic heterocycles. The Kier molecular flexibility index (Phi) is 3.89. The van der Waals surface area contributed by atoms with Crippen molar-refractivity contribution in [2.24, 2.45) is 7.05 Å². The van der Waals surface area contributed by atoms with Gasteiger partial charge in [-0.3, -0.25) is 4.68 Å². The number of aromatic nitrogens is 4. The SMILES string of the molecule is Cn1cc(-c2nc(-c3ccc(Cl)cc3)cc(C(O)O)n2)cn1. The lowest BCUT2D eigenvalue weighted by molar-refractivity contribution is -0.0458. The van der Waals surface area contributed by atoms with E-state index in [2.05, 4.69) is 15.1 Å². The highest BCUT2D eigenvalue weighted by atomic mass is 35.5. The summed E-state index contributed by atoms with van der Waals surface area (Å²) in [6, 6.07) is 8.65. The third kappa shape index (κ3) is 2.99. The molecule has 0 aliphatic rings. The first kappa shape index (κ1) is 14.6. The van der Waals surface area contributed by atoms with Gasteiger partial charge in [0.1, 0.15) is 5.69 Å². The van der Waals surface area contributed by atoms with Gasteiger partial charge in [0.25, 0.3) is 0 Å². The average Bonchev–Trinajstić information content (AvgIpc) is 2.94. The van der Waals surface area contributed by atoms with Crippen LogP contribution in [0, 0.1) is 0 Å². The quantitative estimate of drug-likeness (QED) is 0.724. The summed E-state index contributed by atoms with van der Waals surface area (Å²) in [5.41, 5.74) is 2.20. The van der Waals surface area contributed by atoms with Crippen molar-refractivity contribution in [2.75, 3.05) is 0 Å². The molecule has 0 spiro atoms. The Morgan fingerprint density at radius 2 is 1.82 bits per heavy atom. The maximum absolute atomic E-state index is 9.44. The molecule has 7 heteroatoms. The molecule has 3 rings (SSSR count). The number of aryl methyl sites for hydroxylation is 1. The molecule has 2 heterocycles. The minimum absolute atomic E-state index is 0.124. The normalized spacial score (nSPS) is 11.1. The van der Waals surface area contributed by atoms with E-state index in [1.54, 1.807) is 36.3 Å². The van der Waals surface area contributed by atoms with Crippen molar-refractivity contribution in [2.45, 2.75) is 6.29 Å². The number of benzene rings is 1. The number of hydrogen-bond donors (Lipinski definition) is 2. The van der Waals surface area contributed by atoms with Crippen LogP contribution in [0.2, 0.25) is 5.02 Å². The van der Waals surface area contributed by atoms with E-state index in [1.165, 1.54) is 6.07 Å². The van der Waals surface area contributed by atoms with Crippen molar-refractivity contribution in [1.29, 1.82) is 0 Å². The summed E-state index contributed by atoms with van der Waals surface area (Å²) in [6.45, 7) is 0. The Morgan fingerprint density at radius 1 is 1.09 bits per heavy atom. The van der Waals surface area contributed by atoms with Crippen LogP contribution < -0.4 is 0 Å². The molecule has 0 bridgehead atoms. The Morgan fingerprint density at radius 3 is 2.41 bits per heavy atom. The zero-order valence-electron chi connectivity index (χ0n) is 11.7. The molecule has 0 amide bonds. The predicted octanol–water partition coefficient (Wildman–Crippen LogP) is 2.18. The van der Waals surface area contributed by atoms with E-state index in [-0.39, 0.29) is 5.69 Å². The van der Waals surface area contributed by atoms with Crippen LogP contribution in [0.5, 0.6) is 0 Å². The zero-order valence-corrected chi connectivity index (χ0v) is 12.4. The third-order valence-corrected chi connectivity index (χ3v) is 3.37. The van der Waals surface area contributed by atoms with Gasteiger partial charge in [0, 0.05) is 23.8 Å². The molecule has 6 nitrogen and oxygen atoms in total. The first-order valence-electron chi connectivity index (χ1n) is 6.53. The van der Waals surface area contributed by atoms with Crippen molar-refractivity contribution < 1.29 is 10.2 Å². The molecule has 112 valence electrons. The monoisotopic (exact) mass is 316 g/mol. The van der Waals surface area contributed by atoms with Crippen LogP contribution in [0.25, 0.3) is 22.6 Å². The van der Waals surface area contributed by atoms with Gasteiger partial charge in [-0.25, -0.2) is 9.97 Å². The third-order valence-electron chi connectivity index (χ3n) is 3.11. The van der Waals surface area contributed by atoms with E-state index < -0.39 is 6.29 Å². The molecule has 0 unspecified atom stereocenters. The summed E-state index contributed by atoms with van der Waals surface area (Å²) in [7, 11) is 1.79. The van der Waals surface area contributed by atoms with Crippen molar-refractivity contribution >= 4 is 11.6 Å². The molecule has 1 aromatic carbocycles. The van der Waals surface area contributed by atoms with Crippen LogP contribution in [0.4, 0.5) is 0 Å². The topological polar surface area (TPSA) is 84.1 Å². The van der Waals surface area contributed by atoms with Gasteiger partial charge >= 0.3 is 0 Å². The van der Waals surface area contributed by atoms with E-state index in [0.717, 1.165) is 5.56 Å².